The van der Waals surface area contributed by atoms with E-state index >= 15 is 0 Å². The van der Waals surface area contributed by atoms with Crippen LogP contribution in [-0.4, -0.2) is 40.8 Å². The molecule has 126 valence electrons. The Kier molecular flexibility index (Phi) is 6.33. The van der Waals surface area contributed by atoms with Crippen molar-refractivity contribution in [2.45, 2.75) is 26.0 Å². The van der Waals surface area contributed by atoms with Gasteiger partial charge in [-0.2, -0.15) is 11.8 Å². The van der Waals surface area contributed by atoms with E-state index in [0.717, 1.165) is 17.2 Å². The van der Waals surface area contributed by atoms with Gasteiger partial charge in [-0.15, -0.1) is 0 Å². The van der Waals surface area contributed by atoms with Crippen LogP contribution in [0.3, 0.4) is 0 Å². The van der Waals surface area contributed by atoms with Crippen LogP contribution in [0.4, 0.5) is 10.5 Å². The van der Waals surface area contributed by atoms with Gasteiger partial charge in [0, 0.05) is 24.5 Å². The number of benzene rings is 1. The molecule has 0 saturated carbocycles. The quantitative estimate of drug-likeness (QED) is 0.863. The first kappa shape index (κ1) is 17.7. The van der Waals surface area contributed by atoms with Crippen LogP contribution in [-0.2, 0) is 10.5 Å². The number of nitrogens with one attached hydrogen (secondary N) is 1. The van der Waals surface area contributed by atoms with Gasteiger partial charge < -0.3 is 15.3 Å². The molecule has 2 N–H and O–H groups in total. The van der Waals surface area contributed by atoms with Crippen LogP contribution in [0.1, 0.15) is 25.8 Å². The van der Waals surface area contributed by atoms with Gasteiger partial charge in [0.2, 0.25) is 0 Å². The molecule has 1 aromatic rings. The molecular weight excluding hydrogens is 312 g/mol. The Bertz CT molecular complexity index is 547. The van der Waals surface area contributed by atoms with E-state index in [1.54, 1.807) is 4.90 Å². The van der Waals surface area contributed by atoms with Gasteiger partial charge in [-0.3, -0.25) is 4.79 Å². The molecule has 23 heavy (non-hydrogen) atoms. The normalized spacial score (nSPS) is 21.0. The zero-order chi connectivity index (χ0) is 16.8. The first-order valence-corrected chi connectivity index (χ1v) is 9.10. The zero-order valence-electron chi connectivity index (χ0n) is 13.6. The lowest BCUT2D eigenvalue weighted by Crippen LogP contribution is -2.47. The number of carboxylic acids is 1. The predicted molar refractivity (Wildman–Crippen MR) is 93.8 cm³/mol. The van der Waals surface area contributed by atoms with Gasteiger partial charge in [-0.1, -0.05) is 26.0 Å². The molecule has 1 aliphatic heterocycles. The maximum Gasteiger partial charge on any atom is 0.321 e. The number of likely N-dealkylation sites (tertiary alicyclic amines) is 1. The van der Waals surface area contributed by atoms with Crippen molar-refractivity contribution in [3.63, 3.8) is 0 Å². The minimum Gasteiger partial charge on any atom is -0.481 e. The topological polar surface area (TPSA) is 69.6 Å². The van der Waals surface area contributed by atoms with E-state index in [1.807, 2.05) is 43.0 Å². The largest absolute Gasteiger partial charge is 0.481 e. The molecule has 6 heteroatoms. The van der Waals surface area contributed by atoms with Crippen LogP contribution in [0.5, 0.6) is 0 Å². The number of aliphatic carboxylic acids is 1. The summed E-state index contributed by atoms with van der Waals surface area (Å²) in [5.41, 5.74) is 1.97. The van der Waals surface area contributed by atoms with Crippen LogP contribution >= 0.6 is 11.8 Å². The SMILES string of the molecule is CCSCc1ccc(NC(=O)N2CC(C)CC(C(=O)O)C2)cc1. The van der Waals surface area contributed by atoms with E-state index in [2.05, 4.69) is 12.2 Å². The Balaban J connectivity index is 1.94. The monoisotopic (exact) mass is 336 g/mol. The number of urea groups is 1. The van der Waals surface area contributed by atoms with E-state index in [9.17, 15) is 14.7 Å². The van der Waals surface area contributed by atoms with Crippen LogP contribution in [0.15, 0.2) is 24.3 Å². The molecule has 1 aromatic carbocycles. The Morgan fingerprint density at radius 1 is 1.30 bits per heavy atom. The molecule has 2 unspecified atom stereocenters. The summed E-state index contributed by atoms with van der Waals surface area (Å²) >= 11 is 1.86. The molecule has 0 bridgehead atoms. The van der Waals surface area contributed by atoms with E-state index in [-0.39, 0.29) is 18.5 Å². The minimum atomic E-state index is -0.827. The third kappa shape index (κ3) is 5.16. The highest BCUT2D eigenvalue weighted by Crippen LogP contribution is 2.23. The Hall–Kier alpha value is -1.69. The number of anilines is 1. The number of rotatable bonds is 5. The summed E-state index contributed by atoms with van der Waals surface area (Å²) in [7, 11) is 0. The van der Waals surface area contributed by atoms with Crippen molar-refractivity contribution in [1.29, 1.82) is 0 Å². The van der Waals surface area contributed by atoms with Gasteiger partial charge in [-0.05, 0) is 35.8 Å². The Morgan fingerprint density at radius 2 is 2.00 bits per heavy atom. The molecular formula is C17H24N2O3S. The predicted octanol–water partition coefficient (Wildman–Crippen LogP) is 3.51. The fourth-order valence-corrected chi connectivity index (χ4v) is 3.44. The number of hydrogen-bond acceptors (Lipinski definition) is 3. The second-order valence-corrected chi connectivity index (χ2v) is 7.32. The second-order valence-electron chi connectivity index (χ2n) is 6.05. The standard InChI is InChI=1S/C17H24N2O3S/c1-3-23-11-13-4-6-15(7-5-13)18-17(22)19-9-12(2)8-14(10-19)16(20)21/h4-7,12,14H,3,8-11H2,1-2H3,(H,18,22)(H,20,21). The zero-order valence-corrected chi connectivity index (χ0v) is 14.4. The van der Waals surface area contributed by atoms with Gasteiger partial charge in [0.25, 0.3) is 0 Å². The average Bonchev–Trinajstić information content (AvgIpc) is 2.53. The van der Waals surface area contributed by atoms with Crippen molar-refractivity contribution in [2.24, 2.45) is 11.8 Å². The Morgan fingerprint density at radius 3 is 2.61 bits per heavy atom. The molecule has 1 aliphatic rings. The summed E-state index contributed by atoms with van der Waals surface area (Å²) in [6.45, 7) is 4.98. The van der Waals surface area contributed by atoms with Crippen LogP contribution in [0.25, 0.3) is 0 Å². The third-order valence-electron chi connectivity index (χ3n) is 3.97. The van der Waals surface area contributed by atoms with Crippen molar-refractivity contribution in [3.8, 4) is 0 Å². The maximum absolute atomic E-state index is 12.4. The fraction of sp³-hybridized carbons (Fsp3) is 0.529. The van der Waals surface area contributed by atoms with Crippen molar-refractivity contribution >= 4 is 29.4 Å². The van der Waals surface area contributed by atoms with Crippen molar-refractivity contribution < 1.29 is 14.7 Å². The molecule has 1 heterocycles. The smallest absolute Gasteiger partial charge is 0.321 e. The van der Waals surface area contributed by atoms with Crippen LogP contribution in [0.2, 0.25) is 0 Å². The number of nitrogens with zero attached hydrogens (tertiary/aromatic N) is 1. The molecule has 0 radical (unpaired) electrons. The average molecular weight is 336 g/mol. The Labute approximate surface area is 141 Å². The highest BCUT2D eigenvalue weighted by Gasteiger charge is 2.31. The molecule has 2 rings (SSSR count). The lowest BCUT2D eigenvalue weighted by atomic mass is 9.91. The van der Waals surface area contributed by atoms with Gasteiger partial charge in [0.1, 0.15) is 0 Å². The molecule has 2 amide bonds. The number of carbonyl (C=O) groups excluding carboxylic acids is 1. The van der Waals surface area contributed by atoms with E-state index < -0.39 is 11.9 Å². The fourth-order valence-electron chi connectivity index (χ4n) is 2.80. The van der Waals surface area contributed by atoms with Gasteiger partial charge in [0.05, 0.1) is 5.92 Å². The summed E-state index contributed by atoms with van der Waals surface area (Å²) in [5, 5.41) is 12.0. The first-order chi connectivity index (χ1) is 11.0. The van der Waals surface area contributed by atoms with Crippen molar-refractivity contribution in [3.05, 3.63) is 29.8 Å². The number of carbonyl (C=O) groups is 2. The molecule has 0 aliphatic carbocycles. The lowest BCUT2D eigenvalue weighted by Gasteiger charge is -2.34. The summed E-state index contributed by atoms with van der Waals surface area (Å²) in [5.74, 6) is 0.944. The van der Waals surface area contributed by atoms with Crippen molar-refractivity contribution in [1.82, 2.24) is 4.90 Å². The number of piperidine rings is 1. The number of hydrogen-bond donors (Lipinski definition) is 2. The highest BCUT2D eigenvalue weighted by molar-refractivity contribution is 7.98. The summed E-state index contributed by atoms with van der Waals surface area (Å²) in [6.07, 6.45) is 0.628. The molecule has 2 atom stereocenters. The van der Waals surface area contributed by atoms with E-state index in [1.165, 1.54) is 5.56 Å². The maximum atomic E-state index is 12.4. The van der Waals surface area contributed by atoms with Gasteiger partial charge >= 0.3 is 12.0 Å². The third-order valence-corrected chi connectivity index (χ3v) is 4.92. The number of amides is 2. The molecule has 0 aromatic heterocycles. The lowest BCUT2D eigenvalue weighted by molar-refractivity contribution is -0.143. The summed E-state index contributed by atoms with van der Waals surface area (Å²) in [6, 6.07) is 7.59. The van der Waals surface area contributed by atoms with Crippen LogP contribution in [0, 0.1) is 11.8 Å². The minimum absolute atomic E-state index is 0.198. The first-order valence-electron chi connectivity index (χ1n) is 7.95. The second kappa shape index (κ2) is 8.24. The van der Waals surface area contributed by atoms with Gasteiger partial charge in [-0.25, -0.2) is 4.79 Å². The van der Waals surface area contributed by atoms with E-state index in [0.29, 0.717) is 13.0 Å². The molecule has 0 spiro atoms. The molecule has 1 saturated heterocycles. The number of thioether (sulfide) groups is 1. The highest BCUT2D eigenvalue weighted by atomic mass is 32.2. The van der Waals surface area contributed by atoms with Crippen molar-refractivity contribution in [2.75, 3.05) is 24.2 Å². The van der Waals surface area contributed by atoms with Crippen LogP contribution < -0.4 is 5.32 Å². The van der Waals surface area contributed by atoms with Gasteiger partial charge in [0.15, 0.2) is 0 Å². The number of carboxylic acid groups (broad SMARTS) is 1. The summed E-state index contributed by atoms with van der Waals surface area (Å²) in [4.78, 5) is 25.2. The molecule has 1 fully saturated rings. The summed E-state index contributed by atoms with van der Waals surface area (Å²) < 4.78 is 0. The molecule has 5 nitrogen and oxygen atoms in total. The van der Waals surface area contributed by atoms with E-state index in [4.69, 9.17) is 0 Å².